The lowest BCUT2D eigenvalue weighted by Crippen LogP contribution is -2.08. The minimum Gasteiger partial charge on any atom is -0.572 e. The van der Waals surface area contributed by atoms with Gasteiger partial charge in [-0.15, -0.1) is 0 Å². The summed E-state index contributed by atoms with van der Waals surface area (Å²) in [6.45, 7) is 5.46. The molecule has 0 aromatic heterocycles. The van der Waals surface area contributed by atoms with E-state index in [1.165, 1.54) is 0 Å². The number of nitrogens with two attached hydrogens (primary N) is 1. The van der Waals surface area contributed by atoms with Crippen molar-refractivity contribution in [1.82, 2.24) is 0 Å². The van der Waals surface area contributed by atoms with Crippen LogP contribution in [0.3, 0.4) is 0 Å². The van der Waals surface area contributed by atoms with Crippen LogP contribution in [0.25, 0.3) is 0 Å². The molecule has 12 heavy (non-hydrogen) atoms. The molecule has 0 fully saturated rings. The highest BCUT2D eigenvalue weighted by Gasteiger charge is 1.99. The van der Waals surface area contributed by atoms with Crippen LogP contribution in [0, 0.1) is 11.1 Å². The van der Waals surface area contributed by atoms with Gasteiger partial charge >= 0.3 is 5.97 Å². The van der Waals surface area contributed by atoms with E-state index in [9.17, 15) is 10.0 Å². The molecule has 0 radical (unpaired) electrons. The van der Waals surface area contributed by atoms with Crippen LogP contribution in [0.4, 0.5) is 0 Å². The maximum Gasteiger partial charge on any atom is 0.305 e. The van der Waals surface area contributed by atoms with Crippen LogP contribution in [-0.4, -0.2) is 22.6 Å². The van der Waals surface area contributed by atoms with E-state index in [0.717, 1.165) is 0 Å². The molecule has 0 saturated carbocycles. The molecule has 0 spiro atoms. The second kappa shape index (κ2) is 7.77. The second-order valence-electron chi connectivity index (χ2n) is 2.25. The number of hydrogen-bond acceptors (Lipinski definition) is 3. The molecule has 0 aliphatic heterocycles. The third-order valence-electron chi connectivity index (χ3n) is 0.775. The lowest BCUT2D eigenvalue weighted by molar-refractivity contribution is -0.542. The Morgan fingerprint density at radius 3 is 2.08 bits per heavy atom. The van der Waals surface area contributed by atoms with E-state index in [1.54, 1.807) is 20.8 Å². The molecule has 0 saturated heterocycles. The number of carbonyl (C=O) groups is 1. The van der Waals surface area contributed by atoms with E-state index < -0.39 is 5.97 Å². The van der Waals surface area contributed by atoms with Crippen molar-refractivity contribution >= 4 is 5.97 Å². The van der Waals surface area contributed by atoms with Crippen LogP contribution in [0.1, 0.15) is 20.8 Å². The summed E-state index contributed by atoms with van der Waals surface area (Å²) in [5, 5.41) is 20.7. The Bertz CT molecular complexity index is 152. The van der Waals surface area contributed by atoms with Gasteiger partial charge in [0.1, 0.15) is 6.54 Å². The number of hydrazine groups is 1. The first kappa shape index (κ1) is 13.3. The van der Waals surface area contributed by atoms with Gasteiger partial charge < -0.3 is 10.3 Å². The zero-order valence-corrected chi connectivity index (χ0v) is 7.52. The van der Waals surface area contributed by atoms with Crippen molar-refractivity contribution in [1.29, 1.82) is 0 Å². The summed E-state index contributed by atoms with van der Waals surface area (Å²) in [6, 6.07) is 0. The van der Waals surface area contributed by atoms with Crippen molar-refractivity contribution in [2.45, 2.75) is 20.8 Å². The van der Waals surface area contributed by atoms with Crippen LogP contribution < -0.4 is 5.84 Å². The number of carboxylic acids is 1. The summed E-state index contributed by atoms with van der Waals surface area (Å²) in [6.07, 6.45) is 0. The largest absolute Gasteiger partial charge is 0.572 e. The van der Waals surface area contributed by atoms with Gasteiger partial charge in [-0.3, -0.25) is 4.79 Å². The maximum atomic E-state index is 9.70. The van der Waals surface area contributed by atoms with E-state index in [0.29, 0.717) is 6.54 Å². The highest BCUT2D eigenvalue weighted by Crippen LogP contribution is 1.87. The molecule has 6 nitrogen and oxygen atoms in total. The molecule has 0 atom stereocenters. The lowest BCUT2D eigenvalue weighted by Gasteiger charge is -1.89. The van der Waals surface area contributed by atoms with Crippen molar-refractivity contribution in [3.05, 3.63) is 5.21 Å². The van der Waals surface area contributed by atoms with Gasteiger partial charge in [0, 0.05) is 4.97 Å². The summed E-state index contributed by atoms with van der Waals surface area (Å²) in [5.41, 5.74) is 0. The van der Waals surface area contributed by atoms with E-state index in [1.807, 2.05) is 0 Å². The van der Waals surface area contributed by atoms with Gasteiger partial charge in [-0.1, -0.05) is 13.8 Å². The third kappa shape index (κ3) is 15.9. The minimum atomic E-state index is -0.741. The average molecular weight is 177 g/mol. The fraction of sp³-hybridized carbons (Fsp3) is 0.833. The minimum absolute atomic E-state index is 0.0556. The number of rotatable bonds is 2. The molecule has 0 aromatic carbocycles. The van der Waals surface area contributed by atoms with Crippen molar-refractivity contribution in [3.63, 3.8) is 0 Å². The van der Waals surface area contributed by atoms with Gasteiger partial charge in [0.25, 0.3) is 0 Å². The monoisotopic (exact) mass is 177 g/mol. The summed E-state index contributed by atoms with van der Waals surface area (Å²) in [4.78, 5) is 9.75. The normalized spacial score (nSPS) is 10.5. The number of carboxylic acid groups (broad SMARTS) is 1. The first-order chi connectivity index (χ1) is 5.41. The van der Waals surface area contributed by atoms with Gasteiger partial charge in [0.05, 0.1) is 5.92 Å². The first-order valence-electron chi connectivity index (χ1n) is 3.54. The molecule has 0 unspecified atom stereocenters. The third-order valence-corrected chi connectivity index (χ3v) is 0.775. The van der Waals surface area contributed by atoms with Crippen LogP contribution >= 0.6 is 0 Å². The molecule has 0 aliphatic carbocycles. The molecule has 0 bridgehead atoms. The summed E-state index contributed by atoms with van der Waals surface area (Å²) in [5.74, 6) is 3.54. The van der Waals surface area contributed by atoms with Crippen molar-refractivity contribution in [3.8, 4) is 0 Å². The van der Waals surface area contributed by atoms with Gasteiger partial charge in [0.2, 0.25) is 0 Å². The van der Waals surface area contributed by atoms with E-state index in [2.05, 4.69) is 11.0 Å². The van der Waals surface area contributed by atoms with Gasteiger partial charge in [0.15, 0.2) is 0 Å². The Morgan fingerprint density at radius 1 is 1.75 bits per heavy atom. The Morgan fingerprint density at radius 2 is 2.08 bits per heavy atom. The molecule has 0 rings (SSSR count). The molecule has 0 amide bonds. The molecule has 6 heteroatoms. The molecule has 0 heterocycles. The standard InChI is InChI=1S/C4H8O2.C2H7N3O/c1-3(2)4(5)6;1-2-4-5(3)6/h3H,1-2H3,(H,5,6);2H2,1H3,(H2,3,4). The number of hydrogen-bond donors (Lipinski definition) is 2. The van der Waals surface area contributed by atoms with Gasteiger partial charge in [-0.25, -0.2) is 0 Å². The molecule has 3 N–H and O–H groups in total. The Labute approximate surface area is 71.2 Å². The van der Waals surface area contributed by atoms with Crippen molar-refractivity contribution < 1.29 is 14.9 Å². The first-order valence-corrected chi connectivity index (χ1v) is 3.54. The van der Waals surface area contributed by atoms with Crippen LogP contribution in [-0.2, 0) is 4.79 Å². The van der Waals surface area contributed by atoms with E-state index in [4.69, 9.17) is 5.11 Å². The highest BCUT2D eigenvalue weighted by atomic mass is 16.5. The van der Waals surface area contributed by atoms with E-state index >= 15 is 0 Å². The Balaban J connectivity index is 0. The van der Waals surface area contributed by atoms with Crippen LogP contribution in [0.5, 0.6) is 0 Å². The number of nitrogens with zero attached hydrogens (tertiary/aromatic N) is 2. The Hall–Kier alpha value is -1.33. The number of aliphatic carboxylic acids is 1. The Kier molecular flexibility index (Phi) is 8.60. The molecule has 0 aromatic rings. The van der Waals surface area contributed by atoms with Gasteiger partial charge in [-0.2, -0.15) is 5.84 Å². The SMILES string of the molecule is CC(C)C(=O)O.CCN=[N+](N)[O-]. The van der Waals surface area contributed by atoms with Gasteiger partial charge in [-0.05, 0) is 12.0 Å². The fourth-order valence-corrected chi connectivity index (χ4v) is 0.139. The molecule has 72 valence electrons. The predicted molar refractivity (Wildman–Crippen MR) is 43.3 cm³/mol. The van der Waals surface area contributed by atoms with Crippen LogP contribution in [0.2, 0.25) is 0 Å². The zero-order chi connectivity index (χ0) is 10.1. The molecule has 0 aliphatic rings. The maximum absolute atomic E-state index is 9.70. The smallest absolute Gasteiger partial charge is 0.305 e. The van der Waals surface area contributed by atoms with Crippen LogP contribution in [0.15, 0.2) is 5.11 Å². The predicted octanol–water partition coefficient (Wildman–Crippen LogP) is 0.570. The summed E-state index contributed by atoms with van der Waals surface area (Å²) < 4.78 is 0. The highest BCUT2D eigenvalue weighted by molar-refractivity contribution is 5.68. The summed E-state index contributed by atoms with van der Waals surface area (Å²) in [7, 11) is 0. The molecular weight excluding hydrogens is 162 g/mol. The summed E-state index contributed by atoms with van der Waals surface area (Å²) >= 11 is 0. The van der Waals surface area contributed by atoms with E-state index in [-0.39, 0.29) is 10.9 Å². The van der Waals surface area contributed by atoms with Crippen molar-refractivity contribution in [2.24, 2.45) is 16.9 Å². The topological polar surface area (TPSA) is 102 Å². The molecular formula is C6H15N3O3. The average Bonchev–Trinajstić information content (AvgIpc) is 1.87. The van der Waals surface area contributed by atoms with Crippen molar-refractivity contribution in [2.75, 3.05) is 6.54 Å². The second-order valence-corrected chi connectivity index (χ2v) is 2.25. The zero-order valence-electron chi connectivity index (χ0n) is 7.52. The lowest BCUT2D eigenvalue weighted by atomic mass is 10.2. The quantitative estimate of drug-likeness (QED) is 0.278. The fourth-order valence-electron chi connectivity index (χ4n) is 0.139.